The lowest BCUT2D eigenvalue weighted by Crippen LogP contribution is -2.57. The number of sulfone groups is 1. The van der Waals surface area contributed by atoms with Crippen LogP contribution in [0.3, 0.4) is 0 Å². The first kappa shape index (κ1) is 21.0. The van der Waals surface area contributed by atoms with E-state index in [2.05, 4.69) is 15.6 Å². The fourth-order valence-corrected chi connectivity index (χ4v) is 4.93. The molecular weight excluding hydrogens is 352 g/mol. The van der Waals surface area contributed by atoms with Gasteiger partial charge < -0.3 is 15.5 Å². The van der Waals surface area contributed by atoms with Crippen molar-refractivity contribution >= 4 is 21.7 Å². The van der Waals surface area contributed by atoms with Crippen molar-refractivity contribution in [2.75, 3.05) is 31.9 Å². The normalized spacial score (nSPS) is 23.5. The van der Waals surface area contributed by atoms with E-state index in [1.54, 1.807) is 13.8 Å². The third kappa shape index (κ3) is 5.59. The molecule has 26 heavy (non-hydrogen) atoms. The van der Waals surface area contributed by atoms with Gasteiger partial charge >= 0.3 is 0 Å². The summed E-state index contributed by atoms with van der Waals surface area (Å²) in [5, 5.41) is 6.33. The van der Waals surface area contributed by atoms with Crippen LogP contribution < -0.4 is 10.6 Å². The highest BCUT2D eigenvalue weighted by molar-refractivity contribution is 7.92. The van der Waals surface area contributed by atoms with E-state index in [1.165, 1.54) is 19.3 Å². The molecule has 1 saturated heterocycles. The molecule has 1 aliphatic heterocycles. The number of amides is 1. The number of aliphatic imine (C=N–C) groups is 1. The average Bonchev–Trinajstić information content (AvgIpc) is 2.57. The fraction of sp³-hybridized carbons (Fsp3) is 0.889. The monoisotopic (exact) mass is 386 g/mol. The number of guanidine groups is 1. The van der Waals surface area contributed by atoms with Crippen LogP contribution in [-0.2, 0) is 14.6 Å². The van der Waals surface area contributed by atoms with E-state index in [0.29, 0.717) is 44.6 Å². The maximum absolute atomic E-state index is 12.2. The van der Waals surface area contributed by atoms with Crippen LogP contribution in [-0.4, -0.2) is 67.9 Å². The molecule has 1 heterocycles. The summed E-state index contributed by atoms with van der Waals surface area (Å²) in [5.74, 6) is 0.881. The molecule has 8 heteroatoms. The molecule has 2 rings (SSSR count). The fourth-order valence-electron chi connectivity index (χ4n) is 3.56. The zero-order valence-corrected chi connectivity index (χ0v) is 17.2. The van der Waals surface area contributed by atoms with Gasteiger partial charge in [0.2, 0.25) is 5.91 Å². The molecule has 1 saturated carbocycles. The Bertz CT molecular complexity index is 610. The molecule has 0 aromatic carbocycles. The molecule has 1 aliphatic carbocycles. The highest BCUT2D eigenvalue weighted by Gasteiger charge is 2.40. The van der Waals surface area contributed by atoms with Crippen LogP contribution >= 0.6 is 0 Å². The van der Waals surface area contributed by atoms with Crippen molar-refractivity contribution < 1.29 is 13.2 Å². The molecule has 2 fully saturated rings. The average molecular weight is 387 g/mol. The largest absolute Gasteiger partial charge is 0.357 e. The van der Waals surface area contributed by atoms with Crippen molar-refractivity contribution in [3.05, 3.63) is 0 Å². The molecule has 0 spiro atoms. The lowest BCUT2D eigenvalue weighted by molar-refractivity contribution is -0.121. The van der Waals surface area contributed by atoms with Gasteiger partial charge in [-0.1, -0.05) is 19.3 Å². The zero-order chi connectivity index (χ0) is 19.2. The number of nitrogens with zero attached hydrogens (tertiary/aromatic N) is 2. The Morgan fingerprint density at radius 2 is 1.92 bits per heavy atom. The van der Waals surface area contributed by atoms with Gasteiger partial charge in [-0.25, -0.2) is 8.42 Å². The van der Waals surface area contributed by atoms with Crippen LogP contribution in [0, 0.1) is 0 Å². The molecule has 2 aliphatic rings. The Morgan fingerprint density at radius 3 is 2.54 bits per heavy atom. The predicted octanol–water partition coefficient (Wildman–Crippen LogP) is 1.30. The Kier molecular flexibility index (Phi) is 7.32. The van der Waals surface area contributed by atoms with Gasteiger partial charge in [0.25, 0.3) is 0 Å². The SMILES string of the molecule is CCNC(=NCCC(=O)NC1CCCCC1)N1CCS(=O)(=O)C(C)(C)C1. The topological polar surface area (TPSA) is 90.9 Å². The summed E-state index contributed by atoms with van der Waals surface area (Å²) in [6, 6.07) is 0.321. The Hall–Kier alpha value is -1.31. The summed E-state index contributed by atoms with van der Waals surface area (Å²) in [7, 11) is -3.08. The standard InChI is InChI=1S/C18H34N4O3S/c1-4-19-17(22-12-13-26(24,25)18(2,3)14-22)20-11-10-16(23)21-15-8-6-5-7-9-15/h15H,4-14H2,1-3H3,(H,19,20)(H,21,23). The first-order valence-electron chi connectivity index (χ1n) is 9.80. The number of hydrogen-bond acceptors (Lipinski definition) is 4. The van der Waals surface area contributed by atoms with E-state index in [4.69, 9.17) is 0 Å². The molecule has 0 bridgehead atoms. The minimum absolute atomic E-state index is 0.0538. The smallest absolute Gasteiger partial charge is 0.222 e. The highest BCUT2D eigenvalue weighted by Crippen LogP contribution is 2.23. The summed E-state index contributed by atoms with van der Waals surface area (Å²) in [4.78, 5) is 18.7. The minimum Gasteiger partial charge on any atom is -0.357 e. The van der Waals surface area contributed by atoms with Gasteiger partial charge in [0.05, 0.1) is 17.0 Å². The van der Waals surface area contributed by atoms with Crippen LogP contribution in [0.1, 0.15) is 59.3 Å². The summed E-state index contributed by atoms with van der Waals surface area (Å²) >= 11 is 0. The number of rotatable bonds is 5. The van der Waals surface area contributed by atoms with E-state index in [-0.39, 0.29) is 11.7 Å². The van der Waals surface area contributed by atoms with Crippen molar-refractivity contribution in [1.29, 1.82) is 0 Å². The van der Waals surface area contributed by atoms with Gasteiger partial charge in [-0.2, -0.15) is 0 Å². The van der Waals surface area contributed by atoms with Crippen molar-refractivity contribution in [3.63, 3.8) is 0 Å². The van der Waals surface area contributed by atoms with Crippen molar-refractivity contribution in [2.45, 2.75) is 70.1 Å². The van der Waals surface area contributed by atoms with Crippen LogP contribution in [0.25, 0.3) is 0 Å². The van der Waals surface area contributed by atoms with Gasteiger partial charge in [0.15, 0.2) is 15.8 Å². The molecule has 1 amide bonds. The number of carbonyl (C=O) groups excluding carboxylic acids is 1. The van der Waals surface area contributed by atoms with E-state index in [1.807, 2.05) is 11.8 Å². The van der Waals surface area contributed by atoms with Crippen LogP contribution in [0.15, 0.2) is 4.99 Å². The Balaban J connectivity index is 1.89. The predicted molar refractivity (Wildman–Crippen MR) is 105 cm³/mol. The van der Waals surface area contributed by atoms with E-state index < -0.39 is 14.6 Å². The second-order valence-corrected chi connectivity index (χ2v) is 10.6. The zero-order valence-electron chi connectivity index (χ0n) is 16.4. The molecule has 0 unspecified atom stereocenters. The Morgan fingerprint density at radius 1 is 1.23 bits per heavy atom. The number of nitrogens with one attached hydrogen (secondary N) is 2. The molecule has 2 N–H and O–H groups in total. The van der Waals surface area contributed by atoms with E-state index in [0.717, 1.165) is 12.8 Å². The quantitative estimate of drug-likeness (QED) is 0.549. The lowest BCUT2D eigenvalue weighted by Gasteiger charge is -2.39. The van der Waals surface area contributed by atoms with Gasteiger partial charge in [-0.3, -0.25) is 9.79 Å². The summed E-state index contributed by atoms with van der Waals surface area (Å²) < 4.78 is 23.6. The van der Waals surface area contributed by atoms with Crippen molar-refractivity contribution in [1.82, 2.24) is 15.5 Å². The summed E-state index contributed by atoms with van der Waals surface area (Å²) in [6.07, 6.45) is 6.18. The van der Waals surface area contributed by atoms with Crippen LogP contribution in [0.5, 0.6) is 0 Å². The third-order valence-electron chi connectivity index (χ3n) is 5.25. The Labute approximate surface area is 157 Å². The van der Waals surface area contributed by atoms with E-state index >= 15 is 0 Å². The van der Waals surface area contributed by atoms with Crippen molar-refractivity contribution in [2.24, 2.45) is 4.99 Å². The van der Waals surface area contributed by atoms with Gasteiger partial charge in [-0.05, 0) is 33.6 Å². The molecule has 7 nitrogen and oxygen atoms in total. The summed E-state index contributed by atoms with van der Waals surface area (Å²) in [6.45, 7) is 7.46. The second kappa shape index (κ2) is 9.06. The molecule has 150 valence electrons. The van der Waals surface area contributed by atoms with Gasteiger partial charge in [0.1, 0.15) is 0 Å². The van der Waals surface area contributed by atoms with Crippen LogP contribution in [0.4, 0.5) is 0 Å². The molecule has 0 radical (unpaired) electrons. The van der Waals surface area contributed by atoms with Gasteiger partial charge in [-0.15, -0.1) is 0 Å². The van der Waals surface area contributed by atoms with Crippen molar-refractivity contribution in [3.8, 4) is 0 Å². The molecule has 0 aromatic rings. The first-order chi connectivity index (χ1) is 12.2. The molecule has 0 aromatic heterocycles. The first-order valence-corrected chi connectivity index (χ1v) is 11.5. The third-order valence-corrected chi connectivity index (χ3v) is 7.78. The van der Waals surface area contributed by atoms with E-state index in [9.17, 15) is 13.2 Å². The molecule has 0 atom stereocenters. The maximum Gasteiger partial charge on any atom is 0.222 e. The number of hydrogen-bond donors (Lipinski definition) is 2. The van der Waals surface area contributed by atoms with Gasteiger partial charge in [0, 0.05) is 32.1 Å². The summed E-state index contributed by atoms with van der Waals surface area (Å²) in [5.41, 5.74) is 0. The highest BCUT2D eigenvalue weighted by atomic mass is 32.2. The number of carbonyl (C=O) groups is 1. The lowest BCUT2D eigenvalue weighted by atomic mass is 9.95. The maximum atomic E-state index is 12.2. The molecular formula is C18H34N4O3S. The van der Waals surface area contributed by atoms with Crippen LogP contribution in [0.2, 0.25) is 0 Å². The minimum atomic E-state index is -3.08. The second-order valence-electron chi connectivity index (χ2n) is 7.89.